The number of ketones is 1. The summed E-state index contributed by atoms with van der Waals surface area (Å²) in [4.78, 5) is 40.4. The summed E-state index contributed by atoms with van der Waals surface area (Å²) in [5.41, 5.74) is 3.24. The van der Waals surface area contributed by atoms with Crippen molar-refractivity contribution in [3.8, 4) is 0 Å². The number of fused-ring (bicyclic) bond motifs is 5. The third-order valence-corrected chi connectivity index (χ3v) is 13.0. The Morgan fingerprint density at radius 3 is 2.38 bits per heavy atom. The van der Waals surface area contributed by atoms with Crippen LogP contribution in [0, 0.1) is 39.9 Å². The minimum atomic E-state index is -0.524. The molecule has 5 rings (SSSR count). The standard InChI is InChI=1S/C39H55NO5/c1-24(2)13-12-16-28(36(43)44-8)34-30-21-32(42)35-37(5)19-18-31(40-23-27-14-10-9-11-15-27)25(3)29(37)17-20-38(35,6)39(30,7)22-33(34)45-26(4)41/h9-11,13-15,25,29-31,33,35,40H,12,16-23H2,1-8H3/b34-28-/t25-,29?,30+,31-,33-,35+,37-,38-,39-/m0/s1. The number of carbonyl (C=O) groups excluding carboxylic acids is 3. The lowest BCUT2D eigenvalue weighted by atomic mass is 9.36. The number of rotatable bonds is 8. The Morgan fingerprint density at radius 2 is 1.73 bits per heavy atom. The fourth-order valence-corrected chi connectivity index (χ4v) is 10.7. The second kappa shape index (κ2) is 12.8. The molecule has 4 saturated carbocycles. The highest BCUT2D eigenvalue weighted by atomic mass is 16.5. The molecule has 6 heteroatoms. The number of nitrogens with one attached hydrogen (secondary N) is 1. The van der Waals surface area contributed by atoms with E-state index in [2.05, 4.69) is 69.4 Å². The van der Waals surface area contributed by atoms with Gasteiger partial charge in [0.25, 0.3) is 0 Å². The van der Waals surface area contributed by atoms with E-state index in [0.717, 1.165) is 37.8 Å². The lowest BCUT2D eigenvalue weighted by Gasteiger charge is -2.67. The van der Waals surface area contributed by atoms with Gasteiger partial charge in [-0.3, -0.25) is 9.59 Å². The molecule has 0 radical (unpaired) electrons. The van der Waals surface area contributed by atoms with Crippen LogP contribution in [0.4, 0.5) is 0 Å². The fourth-order valence-electron chi connectivity index (χ4n) is 10.7. The Bertz CT molecular complexity index is 1360. The molecule has 0 bridgehead atoms. The van der Waals surface area contributed by atoms with Crippen molar-refractivity contribution in [2.45, 2.75) is 119 Å². The van der Waals surface area contributed by atoms with Crippen molar-refractivity contribution in [1.82, 2.24) is 5.32 Å². The highest BCUT2D eigenvalue weighted by Gasteiger charge is 2.71. The summed E-state index contributed by atoms with van der Waals surface area (Å²) in [5.74, 6) is 0.294. The Labute approximate surface area is 270 Å². The summed E-state index contributed by atoms with van der Waals surface area (Å²) in [6.07, 6.45) is 7.92. The molecule has 0 heterocycles. The second-order valence-electron chi connectivity index (χ2n) is 15.6. The molecule has 246 valence electrons. The van der Waals surface area contributed by atoms with Crippen molar-refractivity contribution in [3.63, 3.8) is 0 Å². The minimum Gasteiger partial charge on any atom is -0.466 e. The van der Waals surface area contributed by atoms with E-state index in [1.807, 2.05) is 13.8 Å². The Hall–Kier alpha value is -2.73. The summed E-state index contributed by atoms with van der Waals surface area (Å²) in [6.45, 7) is 15.9. The molecule has 0 saturated heterocycles. The van der Waals surface area contributed by atoms with Crippen molar-refractivity contribution in [1.29, 1.82) is 0 Å². The van der Waals surface area contributed by atoms with Crippen molar-refractivity contribution < 1.29 is 23.9 Å². The van der Waals surface area contributed by atoms with Crippen LogP contribution in [-0.4, -0.2) is 37.0 Å². The van der Waals surface area contributed by atoms with Gasteiger partial charge in [0.05, 0.1) is 7.11 Å². The van der Waals surface area contributed by atoms with Gasteiger partial charge in [-0.1, -0.05) is 69.7 Å². The summed E-state index contributed by atoms with van der Waals surface area (Å²) >= 11 is 0. The van der Waals surface area contributed by atoms with Gasteiger partial charge in [0, 0.05) is 37.4 Å². The highest BCUT2D eigenvalue weighted by molar-refractivity contribution is 5.91. The van der Waals surface area contributed by atoms with Crippen LogP contribution in [-0.2, 0) is 30.4 Å². The highest BCUT2D eigenvalue weighted by Crippen LogP contribution is 2.73. The SMILES string of the molecule is COC(=O)/C(CCC=C(C)C)=C1\[C@@H](OC(C)=O)C[C@@]2(C)[C@@H]1CC(=O)[C@@H]1[C@@]3(C)CC[C@H](NCc4ccccc4)[C@@H](C)C3CC[C@@]12C. The van der Waals surface area contributed by atoms with Gasteiger partial charge >= 0.3 is 11.9 Å². The zero-order valence-corrected chi connectivity index (χ0v) is 28.8. The lowest BCUT2D eigenvalue weighted by molar-refractivity contribution is -0.192. The normalized spacial score (nSPS) is 38.4. The molecule has 1 aromatic rings. The average Bonchev–Trinajstić information content (AvgIpc) is 3.26. The first-order valence-electron chi connectivity index (χ1n) is 17.2. The van der Waals surface area contributed by atoms with Crippen LogP contribution < -0.4 is 5.32 Å². The van der Waals surface area contributed by atoms with Gasteiger partial charge in [0.2, 0.25) is 0 Å². The van der Waals surface area contributed by atoms with Crippen LogP contribution in [0.3, 0.4) is 0 Å². The molecule has 0 aliphatic heterocycles. The molecule has 1 N–H and O–H groups in total. The first-order valence-corrected chi connectivity index (χ1v) is 17.2. The molecule has 1 unspecified atom stereocenters. The zero-order chi connectivity index (χ0) is 32.7. The van der Waals surface area contributed by atoms with Crippen LogP contribution in [0.5, 0.6) is 0 Å². The van der Waals surface area contributed by atoms with E-state index in [4.69, 9.17) is 9.47 Å². The number of Topliss-reactive ketones (excluding diaryl/α,β-unsaturated/α-hetero) is 1. The van der Waals surface area contributed by atoms with E-state index in [1.165, 1.54) is 25.2 Å². The van der Waals surface area contributed by atoms with E-state index in [0.29, 0.717) is 54.9 Å². The van der Waals surface area contributed by atoms with E-state index >= 15 is 0 Å². The smallest absolute Gasteiger partial charge is 0.333 e. The van der Waals surface area contributed by atoms with Crippen LogP contribution in [0.25, 0.3) is 0 Å². The average molecular weight is 618 g/mol. The van der Waals surface area contributed by atoms with Gasteiger partial charge in [-0.25, -0.2) is 4.79 Å². The van der Waals surface area contributed by atoms with Gasteiger partial charge in [-0.15, -0.1) is 0 Å². The quantitative estimate of drug-likeness (QED) is 0.182. The molecule has 0 aromatic heterocycles. The van der Waals surface area contributed by atoms with Crippen LogP contribution >= 0.6 is 0 Å². The largest absolute Gasteiger partial charge is 0.466 e. The molecule has 0 spiro atoms. The Kier molecular flexibility index (Phi) is 9.58. The predicted octanol–water partition coefficient (Wildman–Crippen LogP) is 7.76. The molecule has 45 heavy (non-hydrogen) atoms. The molecule has 1 aromatic carbocycles. The molecule has 6 nitrogen and oxygen atoms in total. The molecule has 9 atom stereocenters. The summed E-state index contributed by atoms with van der Waals surface area (Å²) < 4.78 is 11.3. The van der Waals surface area contributed by atoms with E-state index in [1.54, 1.807) is 0 Å². The number of carbonyl (C=O) groups is 3. The first kappa shape index (κ1) is 33.6. The number of hydrogen-bond acceptors (Lipinski definition) is 6. The van der Waals surface area contributed by atoms with Crippen molar-refractivity contribution in [2.75, 3.05) is 7.11 Å². The Balaban J connectivity index is 1.49. The van der Waals surface area contributed by atoms with Crippen molar-refractivity contribution in [3.05, 3.63) is 58.7 Å². The number of allylic oxidation sites excluding steroid dienone is 2. The van der Waals surface area contributed by atoms with Gasteiger partial charge < -0.3 is 14.8 Å². The van der Waals surface area contributed by atoms with Gasteiger partial charge in [-0.2, -0.15) is 0 Å². The van der Waals surface area contributed by atoms with Crippen LogP contribution in [0.2, 0.25) is 0 Å². The second-order valence-corrected chi connectivity index (χ2v) is 15.6. The van der Waals surface area contributed by atoms with Crippen LogP contribution in [0.1, 0.15) is 105 Å². The minimum absolute atomic E-state index is 0.0629. The van der Waals surface area contributed by atoms with Crippen LogP contribution in [0.15, 0.2) is 53.1 Å². The molecule has 4 fully saturated rings. The van der Waals surface area contributed by atoms with Gasteiger partial charge in [0.15, 0.2) is 0 Å². The third kappa shape index (κ3) is 5.85. The van der Waals surface area contributed by atoms with Gasteiger partial charge in [0.1, 0.15) is 11.9 Å². The molecule has 4 aliphatic rings. The van der Waals surface area contributed by atoms with Crippen molar-refractivity contribution >= 4 is 17.7 Å². The molecule has 0 amide bonds. The third-order valence-electron chi connectivity index (χ3n) is 13.0. The van der Waals surface area contributed by atoms with Gasteiger partial charge in [-0.05, 0) is 104 Å². The molecule has 4 aliphatic carbocycles. The maximum atomic E-state index is 14.6. The van der Waals surface area contributed by atoms with E-state index in [9.17, 15) is 14.4 Å². The maximum Gasteiger partial charge on any atom is 0.333 e. The Morgan fingerprint density at radius 1 is 1.02 bits per heavy atom. The topological polar surface area (TPSA) is 81.7 Å². The number of esters is 2. The number of ether oxygens (including phenoxy) is 2. The summed E-state index contributed by atoms with van der Waals surface area (Å²) in [7, 11) is 1.41. The number of methoxy groups -OCH3 is 1. The lowest BCUT2D eigenvalue weighted by Crippen LogP contribution is -2.65. The van der Waals surface area contributed by atoms with E-state index in [-0.39, 0.29) is 40.0 Å². The summed E-state index contributed by atoms with van der Waals surface area (Å²) in [5, 5.41) is 3.87. The van der Waals surface area contributed by atoms with E-state index < -0.39 is 6.10 Å². The molecular weight excluding hydrogens is 562 g/mol. The monoisotopic (exact) mass is 617 g/mol. The number of hydrogen-bond donors (Lipinski definition) is 1. The number of benzene rings is 1. The predicted molar refractivity (Wildman–Crippen MR) is 177 cm³/mol. The molecular formula is C39H55NO5. The van der Waals surface area contributed by atoms with Crippen molar-refractivity contribution in [2.24, 2.45) is 39.9 Å². The summed E-state index contributed by atoms with van der Waals surface area (Å²) in [6, 6.07) is 11.0. The fraction of sp³-hybridized carbons (Fsp3) is 0.667. The zero-order valence-electron chi connectivity index (χ0n) is 28.8. The first-order chi connectivity index (χ1) is 21.3. The maximum absolute atomic E-state index is 14.6.